The normalized spacial score (nSPS) is 19.9. The summed E-state index contributed by atoms with van der Waals surface area (Å²) in [5.74, 6) is 0.961. The summed E-state index contributed by atoms with van der Waals surface area (Å²) in [5.41, 5.74) is 1.03. The number of amides is 2. The molecule has 2 saturated carbocycles. The Bertz CT molecular complexity index is 804. The largest absolute Gasteiger partial charge is 0.390 e. The predicted molar refractivity (Wildman–Crippen MR) is 143 cm³/mol. The highest BCUT2D eigenvalue weighted by Crippen LogP contribution is 2.35. The first-order chi connectivity index (χ1) is 17.2. The summed E-state index contributed by atoms with van der Waals surface area (Å²) in [6.45, 7) is 6.63. The number of hydrogen-bond donors (Lipinski definition) is 3. The van der Waals surface area contributed by atoms with Crippen molar-refractivity contribution in [2.75, 3.05) is 6.54 Å². The van der Waals surface area contributed by atoms with Gasteiger partial charge in [-0.3, -0.25) is 9.59 Å². The molecule has 0 bridgehead atoms. The zero-order chi connectivity index (χ0) is 26.1. The summed E-state index contributed by atoms with van der Waals surface area (Å²) in [6, 6.07) is 9.28. The number of benzene rings is 1. The Kier molecular flexibility index (Phi) is 11.2. The van der Waals surface area contributed by atoms with Crippen LogP contribution in [-0.4, -0.2) is 51.7 Å². The third-order valence-electron chi connectivity index (χ3n) is 7.92. The first-order valence-electron chi connectivity index (χ1n) is 14.2. The van der Waals surface area contributed by atoms with E-state index in [-0.39, 0.29) is 36.6 Å². The van der Waals surface area contributed by atoms with Crippen molar-refractivity contribution in [1.82, 2.24) is 10.2 Å². The Labute approximate surface area is 217 Å². The van der Waals surface area contributed by atoms with E-state index in [2.05, 4.69) is 5.32 Å². The molecule has 0 aromatic heterocycles. The van der Waals surface area contributed by atoms with Crippen LogP contribution in [0.15, 0.2) is 30.3 Å². The zero-order valence-corrected chi connectivity index (χ0v) is 22.6. The van der Waals surface area contributed by atoms with Crippen molar-refractivity contribution in [2.24, 2.45) is 17.8 Å². The molecule has 0 heterocycles. The second kappa shape index (κ2) is 14.1. The fraction of sp³-hybridized carbons (Fsp3) is 0.733. The molecular weight excluding hydrogens is 452 g/mol. The minimum atomic E-state index is -0.969. The Balaban J connectivity index is 1.67. The van der Waals surface area contributed by atoms with E-state index in [1.54, 1.807) is 0 Å². The Morgan fingerprint density at radius 3 is 2.22 bits per heavy atom. The van der Waals surface area contributed by atoms with Crippen LogP contribution in [0, 0.1) is 17.8 Å². The lowest BCUT2D eigenvalue weighted by Crippen LogP contribution is -2.53. The first kappa shape index (κ1) is 28.6. The smallest absolute Gasteiger partial charge is 0.223 e. The average Bonchev–Trinajstić information content (AvgIpc) is 3.69. The molecule has 3 rings (SSSR count). The van der Waals surface area contributed by atoms with Crippen LogP contribution in [0.1, 0.15) is 103 Å². The highest BCUT2D eigenvalue weighted by atomic mass is 16.3. The number of hydrogen-bond acceptors (Lipinski definition) is 4. The van der Waals surface area contributed by atoms with Crippen LogP contribution in [0.4, 0.5) is 0 Å². The lowest BCUT2D eigenvalue weighted by Gasteiger charge is -2.40. The van der Waals surface area contributed by atoms with Crippen molar-refractivity contribution < 1.29 is 19.8 Å². The van der Waals surface area contributed by atoms with Gasteiger partial charge in [0.1, 0.15) is 6.10 Å². The molecule has 36 heavy (non-hydrogen) atoms. The molecule has 3 N–H and O–H groups in total. The molecule has 1 aromatic carbocycles. The van der Waals surface area contributed by atoms with Gasteiger partial charge < -0.3 is 20.4 Å². The molecule has 0 unspecified atom stereocenters. The maximum absolute atomic E-state index is 13.6. The van der Waals surface area contributed by atoms with Crippen LogP contribution in [0.2, 0.25) is 0 Å². The minimum Gasteiger partial charge on any atom is -0.390 e. The Morgan fingerprint density at radius 1 is 0.944 bits per heavy atom. The van der Waals surface area contributed by atoms with Crippen molar-refractivity contribution in [3.63, 3.8) is 0 Å². The van der Waals surface area contributed by atoms with Gasteiger partial charge in [-0.1, -0.05) is 76.3 Å². The average molecular weight is 501 g/mol. The second-order valence-corrected chi connectivity index (χ2v) is 11.7. The van der Waals surface area contributed by atoms with Crippen LogP contribution in [-0.2, 0) is 9.59 Å². The number of nitrogens with one attached hydrogen (secondary N) is 1. The van der Waals surface area contributed by atoms with Crippen LogP contribution in [0.5, 0.6) is 0 Å². The predicted octanol–water partition coefficient (Wildman–Crippen LogP) is 4.99. The van der Waals surface area contributed by atoms with E-state index in [4.69, 9.17) is 0 Å². The van der Waals surface area contributed by atoms with Gasteiger partial charge in [0.15, 0.2) is 0 Å². The van der Waals surface area contributed by atoms with Crippen LogP contribution in [0.3, 0.4) is 0 Å². The maximum Gasteiger partial charge on any atom is 0.223 e. The molecule has 0 radical (unpaired) electrons. The number of rotatable bonds is 14. The van der Waals surface area contributed by atoms with Crippen molar-refractivity contribution >= 4 is 11.8 Å². The Morgan fingerprint density at radius 2 is 1.61 bits per heavy atom. The summed E-state index contributed by atoms with van der Waals surface area (Å²) >= 11 is 0. The van der Waals surface area contributed by atoms with Crippen molar-refractivity contribution in [3.8, 4) is 0 Å². The molecule has 0 spiro atoms. The van der Waals surface area contributed by atoms with E-state index in [1.807, 2.05) is 56.0 Å². The van der Waals surface area contributed by atoms with Crippen molar-refractivity contribution in [1.29, 1.82) is 0 Å². The molecule has 4 atom stereocenters. The molecule has 6 nitrogen and oxygen atoms in total. The van der Waals surface area contributed by atoms with Gasteiger partial charge in [0.05, 0.1) is 18.2 Å². The van der Waals surface area contributed by atoms with Gasteiger partial charge in [-0.05, 0) is 55.9 Å². The van der Waals surface area contributed by atoms with Gasteiger partial charge >= 0.3 is 0 Å². The van der Waals surface area contributed by atoms with Gasteiger partial charge in [-0.15, -0.1) is 0 Å². The fourth-order valence-electron chi connectivity index (χ4n) is 5.60. The third kappa shape index (κ3) is 9.19. The monoisotopic (exact) mass is 500 g/mol. The highest BCUT2D eigenvalue weighted by molar-refractivity contribution is 5.84. The summed E-state index contributed by atoms with van der Waals surface area (Å²) in [4.78, 5) is 28.1. The van der Waals surface area contributed by atoms with Crippen LogP contribution >= 0.6 is 0 Å². The summed E-state index contributed by atoms with van der Waals surface area (Å²) in [5, 5.41) is 25.2. The highest BCUT2D eigenvalue weighted by Gasteiger charge is 2.38. The minimum absolute atomic E-state index is 0.0824. The lowest BCUT2D eigenvalue weighted by molar-refractivity contribution is -0.142. The number of nitrogens with zero attached hydrogens (tertiary/aromatic N) is 1. The molecule has 0 aliphatic heterocycles. The zero-order valence-electron chi connectivity index (χ0n) is 22.6. The summed E-state index contributed by atoms with van der Waals surface area (Å²) < 4.78 is 0. The molecule has 0 saturated heterocycles. The molecule has 2 amide bonds. The second-order valence-electron chi connectivity index (χ2n) is 11.7. The quantitative estimate of drug-likeness (QED) is 0.336. The molecule has 2 fully saturated rings. The van der Waals surface area contributed by atoms with E-state index in [0.717, 1.165) is 37.7 Å². The topological polar surface area (TPSA) is 89.9 Å². The Hall–Kier alpha value is -1.92. The van der Waals surface area contributed by atoms with Crippen molar-refractivity contribution in [2.45, 2.75) is 116 Å². The van der Waals surface area contributed by atoms with E-state index >= 15 is 0 Å². The van der Waals surface area contributed by atoms with Crippen molar-refractivity contribution in [3.05, 3.63) is 35.9 Å². The maximum atomic E-state index is 13.6. The summed E-state index contributed by atoms with van der Waals surface area (Å²) in [6.07, 6.45) is 7.72. The fourth-order valence-corrected chi connectivity index (χ4v) is 5.60. The van der Waals surface area contributed by atoms with E-state index in [1.165, 1.54) is 19.3 Å². The number of aliphatic hydroxyl groups is 2. The number of aliphatic hydroxyl groups excluding tert-OH is 2. The molecule has 2 aliphatic rings. The SMILES string of the molecule is CC(C)C[C@H](O)[C@H](O)[C@H](CC1CCCCC1)N(CC1CC1)C(=O)CCC(=O)N[C@@H](C)c1ccccc1. The first-order valence-corrected chi connectivity index (χ1v) is 14.2. The van der Waals surface area contributed by atoms with Gasteiger partial charge in [0.2, 0.25) is 11.8 Å². The van der Waals surface area contributed by atoms with E-state index in [9.17, 15) is 19.8 Å². The number of carbonyl (C=O) groups excluding carboxylic acids is 2. The standard InChI is InChI=1S/C30H48N2O4/c1-21(2)18-27(33)30(36)26(19-23-10-6-4-7-11-23)32(20-24-14-15-24)29(35)17-16-28(34)31-22(3)25-12-8-5-9-13-25/h5,8-9,12-13,21-24,26-27,30,33,36H,4,6-7,10-11,14-20H2,1-3H3,(H,31,34)/t22-,26-,27-,30+/m0/s1. The van der Waals surface area contributed by atoms with Crippen LogP contribution < -0.4 is 5.32 Å². The van der Waals surface area contributed by atoms with Gasteiger partial charge in [-0.2, -0.15) is 0 Å². The van der Waals surface area contributed by atoms with Gasteiger partial charge in [-0.25, -0.2) is 0 Å². The number of carbonyl (C=O) groups is 2. The molecule has 202 valence electrons. The summed E-state index contributed by atoms with van der Waals surface area (Å²) in [7, 11) is 0. The van der Waals surface area contributed by atoms with Gasteiger partial charge in [0, 0.05) is 19.4 Å². The molecular formula is C30H48N2O4. The molecule has 1 aromatic rings. The van der Waals surface area contributed by atoms with E-state index < -0.39 is 18.2 Å². The molecule has 2 aliphatic carbocycles. The third-order valence-corrected chi connectivity index (χ3v) is 7.92. The van der Waals surface area contributed by atoms with Gasteiger partial charge in [0.25, 0.3) is 0 Å². The lowest BCUT2D eigenvalue weighted by atomic mass is 9.81. The van der Waals surface area contributed by atoms with Crippen LogP contribution in [0.25, 0.3) is 0 Å². The van der Waals surface area contributed by atoms with E-state index in [0.29, 0.717) is 24.8 Å². The molecule has 6 heteroatoms.